The van der Waals surface area contributed by atoms with Crippen LogP contribution in [0.3, 0.4) is 0 Å². The number of hydrogen-bond donors (Lipinski definition) is 1. The summed E-state index contributed by atoms with van der Waals surface area (Å²) in [6, 6.07) is 4.62. The molecule has 0 radical (unpaired) electrons. The third-order valence-corrected chi connectivity index (χ3v) is 2.77. The lowest BCUT2D eigenvalue weighted by atomic mass is 10.0. The predicted molar refractivity (Wildman–Crippen MR) is 65.1 cm³/mol. The second-order valence-corrected chi connectivity index (χ2v) is 4.41. The van der Waals surface area contributed by atoms with Crippen LogP contribution in [-0.4, -0.2) is 0 Å². The Morgan fingerprint density at radius 1 is 1.53 bits per heavy atom. The van der Waals surface area contributed by atoms with Gasteiger partial charge in [-0.2, -0.15) is 0 Å². The van der Waals surface area contributed by atoms with E-state index in [1.54, 1.807) is 12.1 Å². The third-order valence-electron chi connectivity index (χ3n) is 2.28. The first-order valence-corrected chi connectivity index (χ1v) is 5.76. The summed E-state index contributed by atoms with van der Waals surface area (Å²) in [7, 11) is 0. The van der Waals surface area contributed by atoms with Crippen LogP contribution < -0.4 is 5.73 Å². The van der Waals surface area contributed by atoms with Gasteiger partial charge in [0.1, 0.15) is 5.82 Å². The fourth-order valence-electron chi connectivity index (χ4n) is 1.44. The van der Waals surface area contributed by atoms with Crippen LogP contribution in [0.5, 0.6) is 0 Å². The molecule has 0 saturated heterocycles. The molecule has 0 aliphatic rings. The highest BCUT2D eigenvalue weighted by atomic mass is 79.9. The molecule has 82 valence electrons. The molecule has 3 heteroatoms. The lowest BCUT2D eigenvalue weighted by molar-refractivity contribution is 0.552. The normalized spacial score (nSPS) is 12.5. The van der Waals surface area contributed by atoms with Crippen LogP contribution in [0.15, 0.2) is 35.3 Å². The number of halogens is 2. The molecule has 0 aromatic heterocycles. The van der Waals surface area contributed by atoms with Gasteiger partial charge < -0.3 is 5.73 Å². The zero-order valence-electron chi connectivity index (χ0n) is 8.55. The van der Waals surface area contributed by atoms with Crippen LogP contribution in [0.1, 0.15) is 30.9 Å². The van der Waals surface area contributed by atoms with Gasteiger partial charge in [0.2, 0.25) is 0 Å². The van der Waals surface area contributed by atoms with E-state index in [0.717, 1.165) is 23.7 Å². The Kier molecular flexibility index (Phi) is 4.99. The molecule has 0 heterocycles. The second-order valence-electron chi connectivity index (χ2n) is 3.49. The largest absolute Gasteiger partial charge is 0.324 e. The van der Waals surface area contributed by atoms with E-state index in [0.29, 0.717) is 5.56 Å². The van der Waals surface area contributed by atoms with Gasteiger partial charge in [0.05, 0.1) is 0 Å². The van der Waals surface area contributed by atoms with Crippen molar-refractivity contribution >= 4 is 15.9 Å². The summed E-state index contributed by atoms with van der Waals surface area (Å²) in [5.41, 5.74) is 6.49. The minimum Gasteiger partial charge on any atom is -0.324 e. The van der Waals surface area contributed by atoms with Crippen LogP contribution in [-0.2, 0) is 0 Å². The van der Waals surface area contributed by atoms with E-state index in [-0.39, 0.29) is 11.9 Å². The highest BCUT2D eigenvalue weighted by Crippen LogP contribution is 2.23. The zero-order chi connectivity index (χ0) is 11.3. The number of benzene rings is 1. The maximum Gasteiger partial charge on any atom is 0.128 e. The highest BCUT2D eigenvalue weighted by Gasteiger charge is 2.11. The molecule has 0 amide bonds. The van der Waals surface area contributed by atoms with Crippen molar-refractivity contribution in [2.45, 2.75) is 25.3 Å². The molecular weight excluding hydrogens is 257 g/mol. The fraction of sp³-hybridized carbons (Fsp3) is 0.333. The number of rotatable bonds is 5. The monoisotopic (exact) mass is 271 g/mol. The Morgan fingerprint density at radius 2 is 2.27 bits per heavy atom. The molecule has 0 fully saturated rings. The van der Waals surface area contributed by atoms with E-state index < -0.39 is 0 Å². The SMILES string of the molecule is C=CCCCC(N)c1cc(Br)ccc1F. The van der Waals surface area contributed by atoms with E-state index in [9.17, 15) is 4.39 Å². The first-order valence-electron chi connectivity index (χ1n) is 4.96. The Balaban J connectivity index is 2.67. The maximum absolute atomic E-state index is 13.4. The first kappa shape index (κ1) is 12.4. The molecule has 15 heavy (non-hydrogen) atoms. The van der Waals surface area contributed by atoms with Gasteiger partial charge in [-0.25, -0.2) is 4.39 Å². The van der Waals surface area contributed by atoms with Gasteiger partial charge in [0.25, 0.3) is 0 Å². The Morgan fingerprint density at radius 3 is 2.93 bits per heavy atom. The summed E-state index contributed by atoms with van der Waals surface area (Å²) in [5, 5.41) is 0. The first-order chi connectivity index (χ1) is 7.15. The topological polar surface area (TPSA) is 26.0 Å². The summed E-state index contributed by atoms with van der Waals surface area (Å²) >= 11 is 3.31. The summed E-state index contributed by atoms with van der Waals surface area (Å²) in [4.78, 5) is 0. The van der Waals surface area contributed by atoms with Crippen molar-refractivity contribution in [3.05, 3.63) is 46.7 Å². The minimum atomic E-state index is -0.234. The molecule has 0 bridgehead atoms. The molecule has 1 atom stereocenters. The van der Waals surface area contributed by atoms with E-state index >= 15 is 0 Å². The number of allylic oxidation sites excluding steroid dienone is 1. The third kappa shape index (κ3) is 3.76. The van der Waals surface area contributed by atoms with Crippen LogP contribution in [0, 0.1) is 5.82 Å². The molecule has 1 aromatic rings. The van der Waals surface area contributed by atoms with Gasteiger partial charge in [-0.05, 0) is 37.5 Å². The summed E-state index contributed by atoms with van der Waals surface area (Å²) in [6.45, 7) is 3.64. The minimum absolute atomic E-state index is 0.232. The number of unbranched alkanes of at least 4 members (excludes halogenated alkanes) is 1. The van der Waals surface area contributed by atoms with Crippen molar-refractivity contribution in [1.29, 1.82) is 0 Å². The molecule has 2 N–H and O–H groups in total. The second kappa shape index (κ2) is 6.03. The van der Waals surface area contributed by atoms with Gasteiger partial charge in [-0.15, -0.1) is 6.58 Å². The molecule has 1 nitrogen and oxygen atoms in total. The summed E-state index contributed by atoms with van der Waals surface area (Å²) < 4.78 is 14.3. The van der Waals surface area contributed by atoms with Crippen LogP contribution in [0.25, 0.3) is 0 Å². The van der Waals surface area contributed by atoms with Crippen LogP contribution in [0.4, 0.5) is 4.39 Å². The molecular formula is C12H15BrFN. The van der Waals surface area contributed by atoms with E-state index in [1.165, 1.54) is 6.07 Å². The highest BCUT2D eigenvalue weighted by molar-refractivity contribution is 9.10. The smallest absolute Gasteiger partial charge is 0.128 e. The van der Waals surface area contributed by atoms with E-state index in [4.69, 9.17) is 5.73 Å². The van der Waals surface area contributed by atoms with Crippen molar-refractivity contribution in [2.75, 3.05) is 0 Å². The van der Waals surface area contributed by atoms with Gasteiger partial charge in [0, 0.05) is 16.1 Å². The molecule has 0 spiro atoms. The average Bonchev–Trinajstić information content (AvgIpc) is 2.22. The average molecular weight is 272 g/mol. The predicted octanol–water partition coefficient (Wildman–Crippen LogP) is 3.94. The van der Waals surface area contributed by atoms with Crippen molar-refractivity contribution in [3.63, 3.8) is 0 Å². The lowest BCUT2D eigenvalue weighted by Crippen LogP contribution is -2.11. The van der Waals surface area contributed by atoms with Crippen LogP contribution in [0.2, 0.25) is 0 Å². The van der Waals surface area contributed by atoms with Crippen molar-refractivity contribution in [3.8, 4) is 0 Å². The molecule has 1 aromatic carbocycles. The maximum atomic E-state index is 13.4. The van der Waals surface area contributed by atoms with Crippen LogP contribution >= 0.6 is 15.9 Å². The van der Waals surface area contributed by atoms with E-state index in [1.807, 2.05) is 6.08 Å². The van der Waals surface area contributed by atoms with Crippen molar-refractivity contribution in [1.82, 2.24) is 0 Å². The fourth-order valence-corrected chi connectivity index (χ4v) is 1.82. The lowest BCUT2D eigenvalue weighted by Gasteiger charge is -2.12. The Bertz CT molecular complexity index is 338. The summed E-state index contributed by atoms with van der Waals surface area (Å²) in [6.07, 6.45) is 4.49. The van der Waals surface area contributed by atoms with Crippen molar-refractivity contribution < 1.29 is 4.39 Å². The van der Waals surface area contributed by atoms with Gasteiger partial charge >= 0.3 is 0 Å². The molecule has 1 unspecified atom stereocenters. The number of hydrogen-bond acceptors (Lipinski definition) is 1. The molecule has 0 aliphatic carbocycles. The summed E-state index contributed by atoms with van der Waals surface area (Å²) in [5.74, 6) is -0.232. The van der Waals surface area contributed by atoms with Crippen molar-refractivity contribution in [2.24, 2.45) is 5.73 Å². The molecule has 0 aliphatic heterocycles. The zero-order valence-corrected chi connectivity index (χ0v) is 10.1. The van der Waals surface area contributed by atoms with Gasteiger partial charge in [0.15, 0.2) is 0 Å². The van der Waals surface area contributed by atoms with Gasteiger partial charge in [-0.1, -0.05) is 22.0 Å². The Labute approximate surface area is 98.3 Å². The number of nitrogens with two attached hydrogens (primary N) is 1. The van der Waals surface area contributed by atoms with Gasteiger partial charge in [-0.3, -0.25) is 0 Å². The molecule has 1 rings (SSSR count). The quantitative estimate of drug-likeness (QED) is 0.637. The standard InChI is InChI=1S/C12H15BrFN/c1-2-3-4-5-12(15)10-8-9(13)6-7-11(10)14/h2,6-8,12H,1,3-5,15H2. The van der Waals surface area contributed by atoms with E-state index in [2.05, 4.69) is 22.5 Å². The Hall–Kier alpha value is -0.670. The molecule has 0 saturated carbocycles.